The molecule has 0 bridgehead atoms. The molecule has 0 saturated carbocycles. The van der Waals surface area contributed by atoms with Crippen molar-refractivity contribution in [3.05, 3.63) is 65.2 Å². The summed E-state index contributed by atoms with van der Waals surface area (Å²) in [6.07, 6.45) is -0.367. The van der Waals surface area contributed by atoms with Gasteiger partial charge in [-0.15, -0.1) is 0 Å². The molecule has 0 atom stereocenters. The molecule has 2 aromatic heterocycles. The van der Waals surface area contributed by atoms with E-state index in [1.165, 1.54) is 42.5 Å². The molecule has 0 saturated heterocycles. The van der Waals surface area contributed by atoms with E-state index in [2.05, 4.69) is 19.8 Å². The Bertz CT molecular complexity index is 984. The lowest BCUT2D eigenvalue weighted by atomic mass is 10.0. The van der Waals surface area contributed by atoms with Crippen LogP contribution in [0.4, 0.5) is 13.2 Å². The maximum Gasteiger partial charge on any atom is 0.416 e. The number of ether oxygens (including phenoxy) is 2. The second kappa shape index (κ2) is 7.67. The Labute approximate surface area is 157 Å². The number of alkyl halides is 3. The quantitative estimate of drug-likeness (QED) is 0.620. The second-order valence-electron chi connectivity index (χ2n) is 5.74. The number of aryl methyl sites for hydroxylation is 1. The van der Waals surface area contributed by atoms with E-state index in [1.54, 1.807) is 13.0 Å². The summed E-state index contributed by atoms with van der Waals surface area (Å²) in [5.41, 5.74) is -0.129. The van der Waals surface area contributed by atoms with Crippen LogP contribution in [0.3, 0.4) is 0 Å². The zero-order chi connectivity index (χ0) is 20.3. The Hall–Kier alpha value is -3.43. The van der Waals surface area contributed by atoms with E-state index in [9.17, 15) is 18.0 Å². The van der Waals surface area contributed by atoms with Crippen LogP contribution in [0.2, 0.25) is 0 Å². The van der Waals surface area contributed by atoms with Crippen LogP contribution >= 0.6 is 0 Å². The molecule has 0 unspecified atom stereocenters. The largest absolute Gasteiger partial charge is 0.486 e. The van der Waals surface area contributed by atoms with Crippen molar-refractivity contribution in [3.63, 3.8) is 0 Å². The number of rotatable bonds is 5. The summed E-state index contributed by atoms with van der Waals surface area (Å²) >= 11 is 0. The first-order valence-corrected chi connectivity index (χ1v) is 8.04. The zero-order valence-electron chi connectivity index (χ0n) is 14.9. The number of esters is 1. The van der Waals surface area contributed by atoms with Crippen LogP contribution in [0, 0.1) is 6.92 Å². The highest BCUT2D eigenvalue weighted by Gasteiger charge is 2.33. The van der Waals surface area contributed by atoms with E-state index in [4.69, 9.17) is 4.74 Å². The highest BCUT2D eigenvalue weighted by Crippen LogP contribution is 2.33. The first-order valence-electron chi connectivity index (χ1n) is 8.04. The van der Waals surface area contributed by atoms with E-state index in [0.717, 1.165) is 6.07 Å². The highest BCUT2D eigenvalue weighted by molar-refractivity contribution is 5.86. The van der Waals surface area contributed by atoms with Crippen LogP contribution in [-0.4, -0.2) is 32.8 Å². The van der Waals surface area contributed by atoms with Crippen LogP contribution in [0.1, 0.15) is 27.2 Å². The zero-order valence-corrected chi connectivity index (χ0v) is 14.9. The third-order valence-electron chi connectivity index (χ3n) is 3.90. The van der Waals surface area contributed by atoms with E-state index < -0.39 is 17.7 Å². The molecule has 3 rings (SSSR count). The number of benzene rings is 1. The van der Waals surface area contributed by atoms with Crippen molar-refractivity contribution in [3.8, 4) is 11.7 Å². The molecule has 0 aliphatic heterocycles. The summed E-state index contributed by atoms with van der Waals surface area (Å²) in [7, 11) is 1.24. The highest BCUT2D eigenvalue weighted by atomic mass is 19.4. The molecule has 0 aliphatic carbocycles. The normalized spacial score (nSPS) is 11.3. The van der Waals surface area contributed by atoms with E-state index in [-0.39, 0.29) is 29.6 Å². The lowest BCUT2D eigenvalue weighted by molar-refractivity contribution is -0.138. The average Bonchev–Trinajstić information content (AvgIpc) is 3.16. The molecular weight excluding hydrogens is 377 g/mol. The number of hydrogen-bond acceptors (Lipinski definition) is 6. The van der Waals surface area contributed by atoms with Crippen molar-refractivity contribution >= 4 is 5.97 Å². The minimum absolute atomic E-state index is 0.0499. The second-order valence-corrected chi connectivity index (χ2v) is 5.74. The molecule has 0 spiro atoms. The summed E-state index contributed by atoms with van der Waals surface area (Å²) in [6.45, 7) is 1.31. The van der Waals surface area contributed by atoms with Crippen molar-refractivity contribution < 1.29 is 27.4 Å². The van der Waals surface area contributed by atoms with Gasteiger partial charge in [0.25, 0.3) is 5.95 Å². The van der Waals surface area contributed by atoms with Gasteiger partial charge in [-0.05, 0) is 24.6 Å². The van der Waals surface area contributed by atoms with Gasteiger partial charge in [-0.25, -0.2) is 19.4 Å². The Morgan fingerprint density at radius 1 is 1.18 bits per heavy atom. The third kappa shape index (κ3) is 4.11. The average molecular weight is 392 g/mol. The molecule has 3 aromatic rings. The molecule has 10 heteroatoms. The number of carbonyl (C=O) groups is 1. The predicted octanol–water partition coefficient (Wildman–Crippen LogP) is 3.36. The predicted molar refractivity (Wildman–Crippen MR) is 91.0 cm³/mol. The lowest BCUT2D eigenvalue weighted by Crippen LogP contribution is -2.12. The summed E-state index contributed by atoms with van der Waals surface area (Å²) in [5.74, 6) is -0.243. The first-order chi connectivity index (χ1) is 13.3. The van der Waals surface area contributed by atoms with Crippen molar-refractivity contribution in [1.29, 1.82) is 0 Å². The van der Waals surface area contributed by atoms with Gasteiger partial charge in [0, 0.05) is 11.8 Å². The standard InChI is InChI=1S/C18H15F3N4O3/c1-11-4-3-5-14(18(19,20)21)13(11)10-28-12-8-22-17(23-9-12)25-7-6-15(24-25)16(26)27-2/h3-9H,10H2,1-2H3. The molecule has 146 valence electrons. The van der Waals surface area contributed by atoms with Gasteiger partial charge in [0.1, 0.15) is 6.61 Å². The Morgan fingerprint density at radius 2 is 1.89 bits per heavy atom. The molecule has 0 fully saturated rings. The molecule has 7 nitrogen and oxygen atoms in total. The van der Waals surface area contributed by atoms with Crippen molar-refractivity contribution in [2.75, 3.05) is 7.11 Å². The monoisotopic (exact) mass is 392 g/mol. The number of carbonyl (C=O) groups excluding carboxylic acids is 1. The van der Waals surface area contributed by atoms with Crippen molar-refractivity contribution in [1.82, 2.24) is 19.7 Å². The van der Waals surface area contributed by atoms with Gasteiger partial charge in [-0.2, -0.15) is 18.3 Å². The van der Waals surface area contributed by atoms with Gasteiger partial charge < -0.3 is 9.47 Å². The summed E-state index contributed by atoms with van der Waals surface area (Å²) in [5, 5.41) is 3.98. The molecule has 1 aromatic carbocycles. The first kappa shape index (κ1) is 19.3. The summed E-state index contributed by atoms with van der Waals surface area (Å²) in [6, 6.07) is 5.40. The topological polar surface area (TPSA) is 79.1 Å². The van der Waals surface area contributed by atoms with Crippen LogP contribution in [0.15, 0.2) is 42.9 Å². The van der Waals surface area contributed by atoms with Gasteiger partial charge in [-0.3, -0.25) is 0 Å². The molecule has 2 heterocycles. The fraction of sp³-hybridized carbons (Fsp3) is 0.222. The summed E-state index contributed by atoms with van der Waals surface area (Å²) in [4.78, 5) is 19.5. The Kier molecular flexibility index (Phi) is 5.30. The maximum atomic E-state index is 13.2. The minimum atomic E-state index is -4.47. The van der Waals surface area contributed by atoms with Gasteiger partial charge >= 0.3 is 12.1 Å². The van der Waals surface area contributed by atoms with Gasteiger partial charge in [0.05, 0.1) is 25.1 Å². The van der Waals surface area contributed by atoms with Gasteiger partial charge in [-0.1, -0.05) is 12.1 Å². The molecule has 0 N–H and O–H groups in total. The fourth-order valence-corrected chi connectivity index (χ4v) is 2.47. The van der Waals surface area contributed by atoms with Crippen LogP contribution in [-0.2, 0) is 17.5 Å². The van der Waals surface area contributed by atoms with Crippen LogP contribution in [0.25, 0.3) is 5.95 Å². The van der Waals surface area contributed by atoms with Crippen molar-refractivity contribution in [2.45, 2.75) is 19.7 Å². The van der Waals surface area contributed by atoms with Gasteiger partial charge in [0.2, 0.25) is 0 Å². The fourth-order valence-electron chi connectivity index (χ4n) is 2.47. The van der Waals surface area contributed by atoms with Crippen LogP contribution in [0.5, 0.6) is 5.75 Å². The van der Waals surface area contributed by atoms with E-state index in [0.29, 0.717) is 5.56 Å². The minimum Gasteiger partial charge on any atom is -0.486 e. The molecule has 28 heavy (non-hydrogen) atoms. The molecule has 0 amide bonds. The number of methoxy groups -OCH3 is 1. The number of hydrogen-bond donors (Lipinski definition) is 0. The lowest BCUT2D eigenvalue weighted by Gasteiger charge is -2.15. The molecule has 0 radical (unpaired) electrons. The Balaban J connectivity index is 1.74. The van der Waals surface area contributed by atoms with Gasteiger partial charge in [0.15, 0.2) is 11.4 Å². The summed E-state index contributed by atoms with van der Waals surface area (Å²) < 4.78 is 50.7. The third-order valence-corrected chi connectivity index (χ3v) is 3.90. The SMILES string of the molecule is COC(=O)c1ccn(-c2ncc(OCc3c(C)cccc3C(F)(F)F)cn2)n1. The Morgan fingerprint density at radius 3 is 2.54 bits per heavy atom. The van der Waals surface area contributed by atoms with Crippen LogP contribution < -0.4 is 4.74 Å². The number of aromatic nitrogens is 4. The van der Waals surface area contributed by atoms with Crippen molar-refractivity contribution in [2.24, 2.45) is 0 Å². The molecular formula is C18H15F3N4O3. The maximum absolute atomic E-state index is 13.2. The molecule has 0 aliphatic rings. The van der Waals surface area contributed by atoms with E-state index >= 15 is 0 Å². The van der Waals surface area contributed by atoms with E-state index in [1.807, 2.05) is 0 Å². The smallest absolute Gasteiger partial charge is 0.416 e. The number of halogens is 3. The number of nitrogens with zero attached hydrogens (tertiary/aromatic N) is 4.